The van der Waals surface area contributed by atoms with E-state index in [0.29, 0.717) is 23.1 Å². The van der Waals surface area contributed by atoms with Crippen molar-refractivity contribution in [1.29, 1.82) is 0 Å². The Bertz CT molecular complexity index is 1410. The Hall–Kier alpha value is -3.92. The number of rotatable bonds is 4. The van der Waals surface area contributed by atoms with Crippen LogP contribution >= 0.6 is 11.6 Å². The molecule has 0 fully saturated rings. The summed E-state index contributed by atoms with van der Waals surface area (Å²) in [6.45, 7) is 1.80. The molecule has 0 unspecified atom stereocenters. The third-order valence-electron chi connectivity index (χ3n) is 4.76. The second kappa shape index (κ2) is 7.40. The molecule has 0 aliphatic carbocycles. The fourth-order valence-electron chi connectivity index (χ4n) is 3.20. The van der Waals surface area contributed by atoms with E-state index in [-0.39, 0.29) is 16.1 Å². The second-order valence-corrected chi connectivity index (χ2v) is 7.53. The largest absolute Gasteiger partial charge is 0.477 e. The number of nitrogens with two attached hydrogens (primary N) is 1. The quantitative estimate of drug-likeness (QED) is 0.495. The fraction of sp³-hybridized carbons (Fsp3) is 0.150. The van der Waals surface area contributed by atoms with Crippen LogP contribution in [-0.4, -0.2) is 49.5 Å². The highest BCUT2D eigenvalue weighted by molar-refractivity contribution is 6.32. The van der Waals surface area contributed by atoms with Crippen molar-refractivity contribution in [2.45, 2.75) is 6.92 Å². The molecule has 0 saturated heterocycles. The molecule has 0 saturated carbocycles. The number of nitrogen functional groups attached to an aromatic ring is 1. The van der Waals surface area contributed by atoms with Crippen molar-refractivity contribution < 1.29 is 9.90 Å². The maximum atomic E-state index is 12.8. The molecule has 0 radical (unpaired) electrons. The van der Waals surface area contributed by atoms with Crippen LogP contribution in [0, 0.1) is 6.92 Å². The molecule has 0 aromatic carbocycles. The standard InChI is InChI=1S/C20H18ClN7O3/c1-10-6-15(22)23-8-14(10)27-9-12(20(30)31)17(29)11-7-13(21)19(24-18(11)27)28-5-4-16(25-28)26(2)3/h4-9H,1-3H3,(H2,22,23)(H,30,31). The number of anilines is 2. The van der Waals surface area contributed by atoms with Gasteiger partial charge in [-0.15, -0.1) is 5.10 Å². The van der Waals surface area contributed by atoms with Gasteiger partial charge in [0.2, 0.25) is 5.43 Å². The molecule has 4 heterocycles. The second-order valence-electron chi connectivity index (χ2n) is 7.12. The van der Waals surface area contributed by atoms with Gasteiger partial charge in [0.25, 0.3) is 0 Å². The highest BCUT2D eigenvalue weighted by atomic mass is 35.5. The van der Waals surface area contributed by atoms with Crippen molar-refractivity contribution in [3.8, 4) is 11.5 Å². The molecule has 0 aliphatic heterocycles. The molecule has 10 nitrogen and oxygen atoms in total. The summed E-state index contributed by atoms with van der Waals surface area (Å²) in [5, 5.41) is 14.2. The Morgan fingerprint density at radius 1 is 1.29 bits per heavy atom. The number of hydrogen-bond donors (Lipinski definition) is 2. The lowest BCUT2D eigenvalue weighted by atomic mass is 10.1. The number of aryl methyl sites for hydroxylation is 1. The molecule has 0 amide bonds. The monoisotopic (exact) mass is 439 g/mol. The molecule has 0 atom stereocenters. The van der Waals surface area contributed by atoms with Gasteiger partial charge in [0.15, 0.2) is 17.3 Å². The summed E-state index contributed by atoms with van der Waals surface area (Å²) < 4.78 is 2.99. The highest BCUT2D eigenvalue weighted by Gasteiger charge is 2.20. The van der Waals surface area contributed by atoms with Gasteiger partial charge in [-0.2, -0.15) is 0 Å². The van der Waals surface area contributed by atoms with E-state index in [0.717, 1.165) is 5.56 Å². The molecule has 0 spiro atoms. The predicted molar refractivity (Wildman–Crippen MR) is 118 cm³/mol. The van der Waals surface area contributed by atoms with Crippen LogP contribution in [0.15, 0.2) is 41.6 Å². The number of carboxylic acid groups (broad SMARTS) is 1. The maximum Gasteiger partial charge on any atom is 0.341 e. The van der Waals surface area contributed by atoms with Gasteiger partial charge in [-0.25, -0.2) is 19.4 Å². The van der Waals surface area contributed by atoms with Crippen LogP contribution < -0.4 is 16.1 Å². The van der Waals surface area contributed by atoms with Crippen molar-refractivity contribution in [2.24, 2.45) is 0 Å². The van der Waals surface area contributed by atoms with E-state index < -0.39 is 17.0 Å². The van der Waals surface area contributed by atoms with Crippen molar-refractivity contribution in [3.05, 3.63) is 63.2 Å². The maximum absolute atomic E-state index is 12.8. The van der Waals surface area contributed by atoms with Crippen LogP contribution in [0.2, 0.25) is 5.02 Å². The van der Waals surface area contributed by atoms with Crippen molar-refractivity contribution in [2.75, 3.05) is 24.7 Å². The fourth-order valence-corrected chi connectivity index (χ4v) is 3.44. The molecular formula is C20H18ClN7O3. The number of pyridine rings is 3. The number of carbonyl (C=O) groups is 1. The zero-order chi connectivity index (χ0) is 22.4. The Morgan fingerprint density at radius 2 is 2.03 bits per heavy atom. The summed E-state index contributed by atoms with van der Waals surface area (Å²) in [6.07, 6.45) is 4.42. The molecule has 4 aromatic heterocycles. The smallest absolute Gasteiger partial charge is 0.341 e. The minimum absolute atomic E-state index is 0.0601. The van der Waals surface area contributed by atoms with Crippen molar-refractivity contribution in [1.82, 2.24) is 24.3 Å². The predicted octanol–water partition coefficient (Wildman–Crippen LogP) is 2.27. The SMILES string of the molecule is Cc1cc(N)ncc1-n1cc(C(=O)O)c(=O)c2cc(Cl)c(-n3ccc(N(C)C)n3)nc21. The number of aromatic carboxylic acids is 1. The molecule has 158 valence electrons. The molecule has 31 heavy (non-hydrogen) atoms. The van der Waals surface area contributed by atoms with Crippen LogP contribution in [0.5, 0.6) is 0 Å². The minimum atomic E-state index is -1.36. The summed E-state index contributed by atoms with van der Waals surface area (Å²) in [6, 6.07) is 4.84. The first kappa shape index (κ1) is 20.4. The topological polar surface area (TPSA) is 132 Å². The molecule has 0 aliphatic rings. The molecule has 3 N–H and O–H groups in total. The van der Waals surface area contributed by atoms with E-state index in [1.165, 1.54) is 27.7 Å². The van der Waals surface area contributed by atoms with Gasteiger partial charge < -0.3 is 15.7 Å². The molecule has 4 aromatic rings. The van der Waals surface area contributed by atoms with E-state index in [9.17, 15) is 14.7 Å². The highest BCUT2D eigenvalue weighted by Crippen LogP contribution is 2.26. The number of nitrogens with zero attached hydrogens (tertiary/aromatic N) is 6. The summed E-state index contributed by atoms with van der Waals surface area (Å²) >= 11 is 6.42. The summed E-state index contributed by atoms with van der Waals surface area (Å²) in [5.41, 5.74) is 6.12. The van der Waals surface area contributed by atoms with Crippen LogP contribution in [0.1, 0.15) is 15.9 Å². The van der Waals surface area contributed by atoms with E-state index in [2.05, 4.69) is 15.1 Å². The average Bonchev–Trinajstić information content (AvgIpc) is 3.19. The third-order valence-corrected chi connectivity index (χ3v) is 5.04. The van der Waals surface area contributed by atoms with E-state index >= 15 is 0 Å². The van der Waals surface area contributed by atoms with E-state index in [4.69, 9.17) is 17.3 Å². The van der Waals surface area contributed by atoms with Gasteiger partial charge in [0, 0.05) is 32.6 Å². The zero-order valence-electron chi connectivity index (χ0n) is 16.9. The number of fused-ring (bicyclic) bond motifs is 1. The zero-order valence-corrected chi connectivity index (χ0v) is 17.6. The van der Waals surface area contributed by atoms with E-state index in [1.807, 2.05) is 19.0 Å². The van der Waals surface area contributed by atoms with Gasteiger partial charge in [-0.1, -0.05) is 11.6 Å². The van der Waals surface area contributed by atoms with Gasteiger partial charge in [-0.3, -0.25) is 9.36 Å². The van der Waals surface area contributed by atoms with Crippen LogP contribution in [-0.2, 0) is 0 Å². The lowest BCUT2D eigenvalue weighted by molar-refractivity contribution is 0.0695. The first-order valence-corrected chi connectivity index (χ1v) is 9.50. The summed E-state index contributed by atoms with van der Waals surface area (Å²) in [4.78, 5) is 35.0. The van der Waals surface area contributed by atoms with Crippen LogP contribution in [0.3, 0.4) is 0 Å². The molecule has 4 rings (SSSR count). The summed E-state index contributed by atoms with van der Waals surface area (Å²) in [7, 11) is 3.70. The Kier molecular flexibility index (Phi) is 4.86. The molecular weight excluding hydrogens is 422 g/mol. The van der Waals surface area contributed by atoms with Crippen LogP contribution in [0.4, 0.5) is 11.6 Å². The first-order chi connectivity index (χ1) is 14.7. The van der Waals surface area contributed by atoms with E-state index in [1.54, 1.807) is 25.3 Å². The lowest BCUT2D eigenvalue weighted by Gasteiger charge is -2.15. The third kappa shape index (κ3) is 3.46. The number of halogens is 1. The number of carboxylic acids is 1. The number of aromatic nitrogens is 5. The van der Waals surface area contributed by atoms with Gasteiger partial charge in [0.05, 0.1) is 22.3 Å². The molecule has 0 bridgehead atoms. The lowest BCUT2D eigenvalue weighted by Crippen LogP contribution is -2.20. The van der Waals surface area contributed by atoms with Gasteiger partial charge in [0.1, 0.15) is 11.4 Å². The van der Waals surface area contributed by atoms with Crippen LogP contribution in [0.25, 0.3) is 22.5 Å². The Morgan fingerprint density at radius 3 is 2.65 bits per heavy atom. The van der Waals surface area contributed by atoms with Gasteiger partial charge in [-0.05, 0) is 24.6 Å². The number of hydrogen-bond acceptors (Lipinski definition) is 7. The average molecular weight is 440 g/mol. The Labute approximate surface area is 181 Å². The van der Waals surface area contributed by atoms with Gasteiger partial charge >= 0.3 is 5.97 Å². The van der Waals surface area contributed by atoms with Crippen molar-refractivity contribution >= 4 is 40.2 Å². The minimum Gasteiger partial charge on any atom is -0.477 e. The first-order valence-electron chi connectivity index (χ1n) is 9.12. The normalized spacial score (nSPS) is 11.1. The van der Waals surface area contributed by atoms with Crippen molar-refractivity contribution in [3.63, 3.8) is 0 Å². The molecule has 11 heteroatoms. The Balaban J connectivity index is 2.08. The summed E-state index contributed by atoms with van der Waals surface area (Å²) in [5.74, 6) is -0.0613.